The van der Waals surface area contributed by atoms with Gasteiger partial charge in [-0.25, -0.2) is 0 Å². The number of ether oxygens (including phenoxy) is 3. The van der Waals surface area contributed by atoms with Gasteiger partial charge >= 0.3 is 5.97 Å². The van der Waals surface area contributed by atoms with Crippen LogP contribution in [0.15, 0.2) is 12.1 Å². The van der Waals surface area contributed by atoms with E-state index in [1.807, 2.05) is 0 Å². The Bertz CT molecular complexity index is 447. The molecule has 0 amide bonds. The van der Waals surface area contributed by atoms with Crippen LogP contribution < -0.4 is 20.9 Å². The summed E-state index contributed by atoms with van der Waals surface area (Å²) in [6.07, 6.45) is -0.365. The molecule has 17 heavy (non-hydrogen) atoms. The fraction of sp³-hybridized carbons (Fsp3) is 0.364. The van der Waals surface area contributed by atoms with Crippen molar-refractivity contribution in [1.29, 1.82) is 0 Å². The van der Waals surface area contributed by atoms with E-state index < -0.39 is 0 Å². The third-order valence-corrected chi connectivity index (χ3v) is 2.34. The first-order valence-corrected chi connectivity index (χ1v) is 5.18. The number of nitrogens with two attached hydrogens (primary N) is 2. The second-order valence-electron chi connectivity index (χ2n) is 3.76. The zero-order valence-corrected chi connectivity index (χ0v) is 9.43. The average molecular weight is 238 g/mol. The highest BCUT2D eigenvalue weighted by Crippen LogP contribution is 2.41. The van der Waals surface area contributed by atoms with Gasteiger partial charge in [-0.15, -0.1) is 0 Å². The monoisotopic (exact) mass is 238 g/mol. The lowest BCUT2D eigenvalue weighted by Crippen LogP contribution is -2.34. The first-order chi connectivity index (χ1) is 8.08. The molecule has 0 saturated heterocycles. The minimum absolute atomic E-state index is 0.128. The molecule has 1 aliphatic heterocycles. The molecular weight excluding hydrogens is 224 g/mol. The van der Waals surface area contributed by atoms with Gasteiger partial charge < -0.3 is 25.7 Å². The fourth-order valence-corrected chi connectivity index (χ4v) is 1.53. The van der Waals surface area contributed by atoms with Gasteiger partial charge in [0.2, 0.25) is 0 Å². The van der Waals surface area contributed by atoms with Gasteiger partial charge in [-0.3, -0.25) is 4.79 Å². The second-order valence-corrected chi connectivity index (χ2v) is 3.76. The van der Waals surface area contributed by atoms with Crippen LogP contribution in [0.3, 0.4) is 0 Å². The Hall–Kier alpha value is -2.11. The smallest absolute Gasteiger partial charge is 0.302 e. The number of carbonyl (C=O) groups is 1. The molecule has 0 aliphatic carbocycles. The summed E-state index contributed by atoms with van der Waals surface area (Å²) in [5.74, 6) is 0.498. The van der Waals surface area contributed by atoms with Crippen LogP contribution in [-0.4, -0.2) is 25.3 Å². The minimum Gasteiger partial charge on any atom is -0.483 e. The summed E-state index contributed by atoms with van der Waals surface area (Å²) in [5.41, 5.74) is 12.4. The maximum absolute atomic E-state index is 10.7. The summed E-state index contributed by atoms with van der Waals surface area (Å²) in [5, 5.41) is 0. The highest BCUT2D eigenvalue weighted by molar-refractivity contribution is 5.71. The number of fused-ring (bicyclic) bond motifs is 1. The van der Waals surface area contributed by atoms with Gasteiger partial charge in [0.15, 0.2) is 17.6 Å². The van der Waals surface area contributed by atoms with Gasteiger partial charge in [-0.05, 0) is 12.1 Å². The number of rotatable bonds is 2. The van der Waals surface area contributed by atoms with Crippen molar-refractivity contribution in [2.24, 2.45) is 0 Å². The topological polar surface area (TPSA) is 96.8 Å². The molecule has 2 rings (SSSR count). The van der Waals surface area contributed by atoms with E-state index in [0.29, 0.717) is 22.9 Å². The summed E-state index contributed by atoms with van der Waals surface area (Å²) < 4.78 is 15.9. The average Bonchev–Trinajstić information content (AvgIpc) is 2.31. The predicted octanol–water partition coefficient (Wildman–Crippen LogP) is 0.554. The number of nitrogen functional groups attached to an aromatic ring is 2. The molecule has 0 spiro atoms. The van der Waals surface area contributed by atoms with Crippen LogP contribution in [0.5, 0.6) is 11.5 Å². The molecule has 0 saturated carbocycles. The molecule has 1 aromatic carbocycles. The van der Waals surface area contributed by atoms with Crippen LogP contribution in [0.2, 0.25) is 0 Å². The lowest BCUT2D eigenvalue weighted by molar-refractivity contribution is -0.144. The van der Waals surface area contributed by atoms with E-state index in [2.05, 4.69) is 0 Å². The molecule has 0 aromatic heterocycles. The van der Waals surface area contributed by atoms with Gasteiger partial charge in [-0.2, -0.15) is 0 Å². The number of anilines is 2. The molecule has 0 radical (unpaired) electrons. The Labute approximate surface area is 98.4 Å². The molecule has 0 unspecified atom stereocenters. The minimum atomic E-state index is -0.365. The van der Waals surface area contributed by atoms with Gasteiger partial charge in [0.1, 0.15) is 13.2 Å². The number of benzene rings is 1. The Kier molecular flexibility index (Phi) is 2.95. The number of carbonyl (C=O) groups excluding carboxylic acids is 1. The summed E-state index contributed by atoms with van der Waals surface area (Å²) in [4.78, 5) is 10.7. The van der Waals surface area contributed by atoms with E-state index in [1.165, 1.54) is 6.92 Å². The van der Waals surface area contributed by atoms with E-state index in [1.54, 1.807) is 12.1 Å². The van der Waals surface area contributed by atoms with E-state index in [9.17, 15) is 4.79 Å². The molecule has 0 bridgehead atoms. The zero-order chi connectivity index (χ0) is 12.4. The number of esters is 1. The highest BCUT2D eigenvalue weighted by atomic mass is 16.6. The van der Waals surface area contributed by atoms with Gasteiger partial charge in [0.25, 0.3) is 0 Å². The summed E-state index contributed by atoms with van der Waals surface area (Å²) >= 11 is 0. The molecule has 92 valence electrons. The Balaban J connectivity index is 2.13. The van der Waals surface area contributed by atoms with Gasteiger partial charge in [0, 0.05) is 6.92 Å². The standard InChI is InChI=1S/C11H14N2O4/c1-6(14)15-4-7-5-16-10-8(12)2-3-9(13)11(10)17-7/h2-3,7H,4-5,12-13H2,1H3/t7-/m0/s1. The Morgan fingerprint density at radius 3 is 2.71 bits per heavy atom. The quantitative estimate of drug-likeness (QED) is 0.577. The van der Waals surface area contributed by atoms with Gasteiger partial charge in [0.05, 0.1) is 11.4 Å². The third-order valence-electron chi connectivity index (χ3n) is 2.34. The van der Waals surface area contributed by atoms with Crippen molar-refractivity contribution in [3.8, 4) is 11.5 Å². The molecule has 1 aromatic rings. The van der Waals surface area contributed by atoms with E-state index in [0.717, 1.165) is 0 Å². The molecule has 6 heteroatoms. The lowest BCUT2D eigenvalue weighted by Gasteiger charge is -2.27. The second kappa shape index (κ2) is 4.40. The van der Waals surface area contributed by atoms with Crippen molar-refractivity contribution in [3.63, 3.8) is 0 Å². The van der Waals surface area contributed by atoms with Crippen LogP contribution in [-0.2, 0) is 9.53 Å². The molecule has 4 N–H and O–H groups in total. The fourth-order valence-electron chi connectivity index (χ4n) is 1.53. The summed E-state index contributed by atoms with van der Waals surface area (Å²) in [6, 6.07) is 3.30. The van der Waals surface area contributed by atoms with Crippen molar-refractivity contribution >= 4 is 17.3 Å². The number of hydrogen-bond acceptors (Lipinski definition) is 6. The summed E-state index contributed by atoms with van der Waals surface area (Å²) in [6.45, 7) is 1.74. The van der Waals surface area contributed by atoms with E-state index >= 15 is 0 Å². The van der Waals surface area contributed by atoms with Gasteiger partial charge in [-0.1, -0.05) is 0 Å². The van der Waals surface area contributed by atoms with Crippen molar-refractivity contribution in [3.05, 3.63) is 12.1 Å². The van der Waals surface area contributed by atoms with Crippen LogP contribution >= 0.6 is 0 Å². The third kappa shape index (κ3) is 2.35. The molecule has 1 heterocycles. The van der Waals surface area contributed by atoms with Crippen LogP contribution in [0, 0.1) is 0 Å². The Morgan fingerprint density at radius 2 is 2.06 bits per heavy atom. The van der Waals surface area contributed by atoms with Crippen LogP contribution in [0.25, 0.3) is 0 Å². The Morgan fingerprint density at radius 1 is 1.41 bits per heavy atom. The van der Waals surface area contributed by atoms with Crippen LogP contribution in [0.1, 0.15) is 6.92 Å². The maximum Gasteiger partial charge on any atom is 0.302 e. The first-order valence-electron chi connectivity index (χ1n) is 5.18. The largest absolute Gasteiger partial charge is 0.483 e. The first kappa shape index (κ1) is 11.4. The molecule has 0 fully saturated rings. The SMILES string of the molecule is CC(=O)OC[C@H]1COc2c(N)ccc(N)c2O1. The van der Waals surface area contributed by atoms with Crippen molar-refractivity contribution in [2.75, 3.05) is 24.7 Å². The maximum atomic E-state index is 10.7. The summed E-state index contributed by atoms with van der Waals surface area (Å²) in [7, 11) is 0. The molecule has 1 atom stereocenters. The highest BCUT2D eigenvalue weighted by Gasteiger charge is 2.25. The molecule has 6 nitrogen and oxygen atoms in total. The molecule has 1 aliphatic rings. The van der Waals surface area contributed by atoms with E-state index in [4.69, 9.17) is 25.7 Å². The molecular formula is C11H14N2O4. The van der Waals surface area contributed by atoms with Crippen LogP contribution in [0.4, 0.5) is 11.4 Å². The van der Waals surface area contributed by atoms with E-state index in [-0.39, 0.29) is 25.3 Å². The van der Waals surface area contributed by atoms with Crippen molar-refractivity contribution in [1.82, 2.24) is 0 Å². The number of hydrogen-bond donors (Lipinski definition) is 2. The zero-order valence-electron chi connectivity index (χ0n) is 9.43. The lowest BCUT2D eigenvalue weighted by atomic mass is 10.2. The normalized spacial score (nSPS) is 17.6. The van der Waals surface area contributed by atoms with Crippen molar-refractivity contribution in [2.45, 2.75) is 13.0 Å². The predicted molar refractivity (Wildman–Crippen MR) is 61.8 cm³/mol. The van der Waals surface area contributed by atoms with Crippen molar-refractivity contribution < 1.29 is 19.0 Å².